The summed E-state index contributed by atoms with van der Waals surface area (Å²) in [6.45, 7) is 3.71. The van der Waals surface area contributed by atoms with Crippen molar-refractivity contribution in [2.24, 2.45) is 11.8 Å². The molecule has 6 nitrogen and oxygen atoms in total. The smallest absolute Gasteiger partial charge is 0.251 e. The molecule has 2 fully saturated rings. The molecule has 4 heterocycles. The van der Waals surface area contributed by atoms with E-state index in [-0.39, 0.29) is 35.8 Å². The Kier molecular flexibility index (Phi) is 5.81. The van der Waals surface area contributed by atoms with Crippen LogP contribution in [-0.4, -0.2) is 43.3 Å². The lowest BCUT2D eigenvalue weighted by Gasteiger charge is -2.43. The summed E-state index contributed by atoms with van der Waals surface area (Å²) in [7, 11) is 0. The highest BCUT2D eigenvalue weighted by Gasteiger charge is 2.38. The number of hydrogen-bond donors (Lipinski definition) is 2. The van der Waals surface area contributed by atoms with Crippen LogP contribution < -0.4 is 16.2 Å². The first-order valence-electron chi connectivity index (χ1n) is 9.01. The number of nitrogens with zero attached hydrogens (tertiary/aromatic N) is 1. The van der Waals surface area contributed by atoms with E-state index < -0.39 is 0 Å². The molecular formula is C18H26ClN3O3. The Bertz CT molecular complexity index is 672. The van der Waals surface area contributed by atoms with E-state index in [1.165, 1.54) is 0 Å². The molecule has 2 saturated heterocycles. The minimum Gasteiger partial charge on any atom is -0.381 e. The van der Waals surface area contributed by atoms with Gasteiger partial charge in [-0.25, -0.2) is 0 Å². The third kappa shape index (κ3) is 3.61. The molecule has 0 saturated carbocycles. The van der Waals surface area contributed by atoms with Crippen molar-refractivity contribution in [1.82, 2.24) is 15.2 Å². The number of amides is 1. The number of rotatable bonds is 3. The molecule has 1 amide bonds. The van der Waals surface area contributed by atoms with Crippen molar-refractivity contribution in [2.75, 3.05) is 32.8 Å². The number of nitrogens with one attached hydrogen (secondary N) is 2. The van der Waals surface area contributed by atoms with Gasteiger partial charge in [0.1, 0.15) is 0 Å². The third-order valence-electron chi connectivity index (χ3n) is 5.78. The lowest BCUT2D eigenvalue weighted by molar-refractivity contribution is -0.128. The van der Waals surface area contributed by atoms with Gasteiger partial charge >= 0.3 is 0 Å². The molecule has 25 heavy (non-hydrogen) atoms. The molecule has 3 aliphatic rings. The average Bonchev–Trinajstić information content (AvgIpc) is 2.63. The van der Waals surface area contributed by atoms with E-state index in [2.05, 4.69) is 16.7 Å². The Morgan fingerprint density at radius 3 is 2.88 bits per heavy atom. The van der Waals surface area contributed by atoms with Crippen LogP contribution in [-0.2, 0) is 9.53 Å². The number of aromatic nitrogens is 1. The van der Waals surface area contributed by atoms with Gasteiger partial charge in [0, 0.05) is 56.4 Å². The van der Waals surface area contributed by atoms with Gasteiger partial charge in [0.25, 0.3) is 5.56 Å². The van der Waals surface area contributed by atoms with Crippen LogP contribution >= 0.6 is 12.4 Å². The summed E-state index contributed by atoms with van der Waals surface area (Å²) in [5.41, 5.74) is 1.16. The van der Waals surface area contributed by atoms with Gasteiger partial charge in [-0.1, -0.05) is 6.07 Å². The first-order chi connectivity index (χ1) is 11.7. The Labute approximate surface area is 153 Å². The Morgan fingerprint density at radius 2 is 2.08 bits per heavy atom. The molecule has 0 unspecified atom stereocenters. The second-order valence-corrected chi connectivity index (χ2v) is 7.21. The summed E-state index contributed by atoms with van der Waals surface area (Å²) in [5, 5.41) is 6.59. The molecule has 0 spiro atoms. The summed E-state index contributed by atoms with van der Waals surface area (Å²) in [6.07, 6.45) is 2.68. The second kappa shape index (κ2) is 7.89. The zero-order valence-electron chi connectivity index (χ0n) is 14.3. The maximum Gasteiger partial charge on any atom is 0.251 e. The number of carbonyl (C=O) groups is 1. The number of pyridine rings is 1. The highest BCUT2D eigenvalue weighted by atomic mass is 35.5. The van der Waals surface area contributed by atoms with Crippen molar-refractivity contribution >= 4 is 18.3 Å². The zero-order valence-corrected chi connectivity index (χ0v) is 15.1. The van der Waals surface area contributed by atoms with Crippen LogP contribution in [0.1, 0.15) is 36.9 Å². The van der Waals surface area contributed by atoms with Gasteiger partial charge in [-0.15, -0.1) is 12.4 Å². The largest absolute Gasteiger partial charge is 0.381 e. The van der Waals surface area contributed by atoms with Crippen LogP contribution in [0.4, 0.5) is 0 Å². The van der Waals surface area contributed by atoms with E-state index in [0.717, 1.165) is 38.0 Å². The minimum absolute atomic E-state index is 0. The molecule has 7 heteroatoms. The quantitative estimate of drug-likeness (QED) is 0.838. The molecule has 0 aliphatic carbocycles. The zero-order chi connectivity index (χ0) is 16.5. The van der Waals surface area contributed by atoms with Gasteiger partial charge in [0.2, 0.25) is 5.91 Å². The number of piperidine rings is 1. The summed E-state index contributed by atoms with van der Waals surface area (Å²) < 4.78 is 7.26. The van der Waals surface area contributed by atoms with E-state index in [9.17, 15) is 9.59 Å². The van der Waals surface area contributed by atoms with Gasteiger partial charge < -0.3 is 19.9 Å². The predicted molar refractivity (Wildman–Crippen MR) is 97.3 cm³/mol. The van der Waals surface area contributed by atoms with Crippen molar-refractivity contribution in [1.29, 1.82) is 0 Å². The van der Waals surface area contributed by atoms with Gasteiger partial charge in [-0.05, 0) is 31.2 Å². The van der Waals surface area contributed by atoms with Crippen LogP contribution in [0.25, 0.3) is 0 Å². The Balaban J connectivity index is 0.00000182. The van der Waals surface area contributed by atoms with Gasteiger partial charge in [-0.3, -0.25) is 9.59 Å². The maximum absolute atomic E-state index is 12.5. The summed E-state index contributed by atoms with van der Waals surface area (Å²) in [5.74, 6) is 0.952. The Hall–Kier alpha value is -1.37. The first kappa shape index (κ1) is 18.4. The Morgan fingerprint density at radius 1 is 1.28 bits per heavy atom. The van der Waals surface area contributed by atoms with E-state index in [4.69, 9.17) is 4.74 Å². The summed E-state index contributed by atoms with van der Waals surface area (Å²) >= 11 is 0. The van der Waals surface area contributed by atoms with Crippen molar-refractivity contribution < 1.29 is 9.53 Å². The third-order valence-corrected chi connectivity index (χ3v) is 5.78. The van der Waals surface area contributed by atoms with Gasteiger partial charge in [0.15, 0.2) is 0 Å². The molecule has 1 aromatic rings. The molecule has 2 N–H and O–H groups in total. The van der Waals surface area contributed by atoms with Crippen LogP contribution in [0, 0.1) is 11.8 Å². The fraction of sp³-hybridized carbons (Fsp3) is 0.667. The number of ether oxygens (including phenoxy) is 1. The molecule has 0 radical (unpaired) electrons. The molecule has 4 rings (SSSR count). The molecule has 3 atom stereocenters. The molecule has 2 bridgehead atoms. The molecule has 3 aliphatic heterocycles. The van der Waals surface area contributed by atoms with Crippen LogP contribution in [0.2, 0.25) is 0 Å². The van der Waals surface area contributed by atoms with Crippen LogP contribution in [0.5, 0.6) is 0 Å². The van der Waals surface area contributed by atoms with Gasteiger partial charge in [-0.2, -0.15) is 0 Å². The van der Waals surface area contributed by atoms with Crippen LogP contribution in [0.3, 0.4) is 0 Å². The van der Waals surface area contributed by atoms with E-state index in [1.54, 1.807) is 6.07 Å². The lowest BCUT2D eigenvalue weighted by Crippen LogP contribution is -2.51. The van der Waals surface area contributed by atoms with Crippen LogP contribution in [0.15, 0.2) is 23.0 Å². The van der Waals surface area contributed by atoms with Crippen molar-refractivity contribution in [3.63, 3.8) is 0 Å². The van der Waals surface area contributed by atoms with E-state index in [1.807, 2.05) is 10.6 Å². The minimum atomic E-state index is 0. The van der Waals surface area contributed by atoms with Crippen molar-refractivity contribution in [3.05, 3.63) is 34.2 Å². The standard InChI is InChI=1S/C18H25N3O3.ClH/c22-17-3-1-2-15-13-8-14(10-19-9-13)16(21(15)17)11-20-18(23)12-4-6-24-7-5-12;/h1-3,12-14,16,19H,4-11H2,(H,20,23);1H/t13-,14+,16+;/m1./s1. The number of fused-ring (bicyclic) bond motifs is 4. The highest BCUT2D eigenvalue weighted by molar-refractivity contribution is 5.85. The molecule has 138 valence electrons. The fourth-order valence-corrected chi connectivity index (χ4v) is 4.48. The second-order valence-electron chi connectivity index (χ2n) is 7.21. The number of hydrogen-bond acceptors (Lipinski definition) is 4. The van der Waals surface area contributed by atoms with E-state index in [0.29, 0.717) is 31.6 Å². The summed E-state index contributed by atoms with van der Waals surface area (Å²) in [6, 6.07) is 5.58. The average molecular weight is 368 g/mol. The number of carbonyl (C=O) groups excluding carboxylic acids is 1. The molecule has 0 aromatic carbocycles. The normalized spacial score (nSPS) is 28.6. The summed E-state index contributed by atoms with van der Waals surface area (Å²) in [4.78, 5) is 24.9. The van der Waals surface area contributed by atoms with E-state index >= 15 is 0 Å². The van der Waals surface area contributed by atoms with Crippen molar-refractivity contribution in [3.8, 4) is 0 Å². The maximum atomic E-state index is 12.5. The lowest BCUT2D eigenvalue weighted by atomic mass is 9.79. The van der Waals surface area contributed by atoms with Crippen molar-refractivity contribution in [2.45, 2.75) is 31.2 Å². The topological polar surface area (TPSA) is 72.4 Å². The molecular weight excluding hydrogens is 342 g/mol. The SMILES string of the molecule is Cl.O=C(NC[C@H]1[C@@H]2CNC[C@@H](C2)c2cccc(=O)n21)C1CCOCC1. The monoisotopic (exact) mass is 367 g/mol. The predicted octanol–water partition coefficient (Wildman–Crippen LogP) is 1.06. The highest BCUT2D eigenvalue weighted by Crippen LogP contribution is 2.38. The molecule has 1 aromatic heterocycles. The van der Waals surface area contributed by atoms with Gasteiger partial charge in [0.05, 0.1) is 6.04 Å². The first-order valence-corrected chi connectivity index (χ1v) is 9.01. The number of halogens is 1. The fourth-order valence-electron chi connectivity index (χ4n) is 4.48.